The number of hydrogen-bond acceptors (Lipinski definition) is 3. The zero-order chi connectivity index (χ0) is 14.7. The van der Waals surface area contributed by atoms with Crippen molar-refractivity contribution in [1.82, 2.24) is 14.7 Å². The number of fused-ring (bicyclic) bond motifs is 1. The first-order chi connectivity index (χ1) is 10.3. The van der Waals surface area contributed by atoms with Gasteiger partial charge in [0.2, 0.25) is 0 Å². The van der Waals surface area contributed by atoms with E-state index in [1.165, 1.54) is 5.56 Å². The molecule has 0 bridgehead atoms. The summed E-state index contributed by atoms with van der Waals surface area (Å²) in [4.78, 5) is 5.76. The Balaban J connectivity index is 1.81. The third-order valence-corrected chi connectivity index (χ3v) is 4.77. The Morgan fingerprint density at radius 1 is 1.33 bits per heavy atom. The van der Waals surface area contributed by atoms with Crippen LogP contribution >= 0.6 is 27.3 Å². The second kappa shape index (κ2) is 6.73. The van der Waals surface area contributed by atoms with Gasteiger partial charge in [-0.15, -0.1) is 11.3 Å². The molecule has 0 amide bonds. The molecule has 0 spiro atoms. The third-order valence-electron chi connectivity index (χ3n) is 3.47. The van der Waals surface area contributed by atoms with Gasteiger partial charge >= 0.3 is 0 Å². The lowest BCUT2D eigenvalue weighted by molar-refractivity contribution is 0.525. The molecular weight excluding hydrogens is 346 g/mol. The van der Waals surface area contributed by atoms with Gasteiger partial charge in [0.15, 0.2) is 4.96 Å². The van der Waals surface area contributed by atoms with E-state index in [2.05, 4.69) is 74.6 Å². The fourth-order valence-corrected chi connectivity index (χ4v) is 3.39. The van der Waals surface area contributed by atoms with E-state index >= 15 is 0 Å². The fraction of sp³-hybridized carbons (Fsp3) is 0.312. The average molecular weight is 364 g/mol. The molecule has 1 aromatic carbocycles. The molecule has 3 nitrogen and oxygen atoms in total. The van der Waals surface area contributed by atoms with Crippen LogP contribution in [0.25, 0.3) is 4.96 Å². The maximum absolute atomic E-state index is 4.70. The number of nitrogens with zero attached hydrogens (tertiary/aromatic N) is 2. The first-order valence-corrected chi connectivity index (χ1v) is 8.83. The van der Waals surface area contributed by atoms with Crippen LogP contribution in [-0.4, -0.2) is 15.9 Å². The lowest BCUT2D eigenvalue weighted by atomic mass is 10.0. The van der Waals surface area contributed by atoms with Gasteiger partial charge in [-0.2, -0.15) is 0 Å². The molecule has 1 N–H and O–H groups in total. The molecule has 0 radical (unpaired) electrons. The normalized spacial score (nSPS) is 12.9. The van der Waals surface area contributed by atoms with Crippen LogP contribution in [0.5, 0.6) is 0 Å². The molecule has 0 fully saturated rings. The minimum absolute atomic E-state index is 0.308. The van der Waals surface area contributed by atoms with Crippen LogP contribution in [0.3, 0.4) is 0 Å². The lowest BCUT2D eigenvalue weighted by Gasteiger charge is -2.18. The van der Waals surface area contributed by atoms with Crippen molar-refractivity contribution in [3.63, 3.8) is 0 Å². The fourth-order valence-electron chi connectivity index (χ4n) is 2.41. The summed E-state index contributed by atoms with van der Waals surface area (Å²) in [5, 5.41) is 5.69. The summed E-state index contributed by atoms with van der Waals surface area (Å²) in [5.74, 6) is 0. The molecule has 2 heterocycles. The van der Waals surface area contributed by atoms with Gasteiger partial charge in [0.05, 0.1) is 5.69 Å². The number of nitrogens with one attached hydrogen (secondary N) is 1. The molecule has 5 heteroatoms. The van der Waals surface area contributed by atoms with Crippen LogP contribution in [0.1, 0.15) is 30.6 Å². The number of thiazole rings is 1. The van der Waals surface area contributed by atoms with Crippen LogP contribution < -0.4 is 5.32 Å². The highest BCUT2D eigenvalue weighted by Gasteiger charge is 2.14. The first-order valence-electron chi connectivity index (χ1n) is 7.16. The van der Waals surface area contributed by atoms with Crippen molar-refractivity contribution in [2.75, 3.05) is 6.54 Å². The van der Waals surface area contributed by atoms with Crippen molar-refractivity contribution < 1.29 is 0 Å². The molecule has 0 aliphatic heterocycles. The monoisotopic (exact) mass is 363 g/mol. The number of hydrogen-bond donors (Lipinski definition) is 1. The van der Waals surface area contributed by atoms with Crippen molar-refractivity contribution in [3.8, 4) is 0 Å². The van der Waals surface area contributed by atoms with E-state index in [0.29, 0.717) is 6.04 Å². The Kier molecular flexibility index (Phi) is 4.73. The zero-order valence-corrected chi connectivity index (χ0v) is 14.3. The van der Waals surface area contributed by atoms with Gasteiger partial charge in [0.1, 0.15) is 0 Å². The summed E-state index contributed by atoms with van der Waals surface area (Å²) >= 11 is 5.17. The Morgan fingerprint density at radius 3 is 2.86 bits per heavy atom. The maximum Gasteiger partial charge on any atom is 0.193 e. The molecule has 110 valence electrons. The van der Waals surface area contributed by atoms with Crippen molar-refractivity contribution >= 4 is 32.2 Å². The Hall–Kier alpha value is -1.17. The highest BCUT2D eigenvalue weighted by molar-refractivity contribution is 9.10. The van der Waals surface area contributed by atoms with E-state index in [1.54, 1.807) is 11.3 Å². The SMILES string of the molecule is CCCNC(Cc1cn2ccsc2n1)c1ccc(Br)cc1. The van der Waals surface area contributed by atoms with Crippen LogP contribution in [0.2, 0.25) is 0 Å². The largest absolute Gasteiger partial charge is 0.310 e. The van der Waals surface area contributed by atoms with Crippen LogP contribution in [0, 0.1) is 0 Å². The number of imidazole rings is 1. The quantitative estimate of drug-likeness (QED) is 0.701. The minimum atomic E-state index is 0.308. The number of rotatable bonds is 6. The molecule has 2 aromatic heterocycles. The Labute approximate surface area is 137 Å². The number of benzene rings is 1. The van der Waals surface area contributed by atoms with Gasteiger partial charge in [-0.3, -0.25) is 4.40 Å². The van der Waals surface area contributed by atoms with E-state index in [4.69, 9.17) is 4.98 Å². The Morgan fingerprint density at radius 2 is 2.14 bits per heavy atom. The summed E-state index contributed by atoms with van der Waals surface area (Å²) < 4.78 is 3.21. The molecule has 0 saturated carbocycles. The topological polar surface area (TPSA) is 29.3 Å². The van der Waals surface area contributed by atoms with Gasteiger partial charge in [0.25, 0.3) is 0 Å². The van der Waals surface area contributed by atoms with Crippen LogP contribution in [0.4, 0.5) is 0 Å². The zero-order valence-electron chi connectivity index (χ0n) is 11.9. The molecule has 21 heavy (non-hydrogen) atoms. The summed E-state index contributed by atoms with van der Waals surface area (Å²) in [5.41, 5.74) is 2.45. The van der Waals surface area contributed by atoms with E-state index in [1.807, 2.05) is 0 Å². The molecular formula is C16H18BrN3S. The molecule has 1 atom stereocenters. The molecule has 3 aromatic rings. The van der Waals surface area contributed by atoms with Crippen molar-refractivity contribution in [2.24, 2.45) is 0 Å². The summed E-state index contributed by atoms with van der Waals surface area (Å²) in [7, 11) is 0. The van der Waals surface area contributed by atoms with Crippen LogP contribution in [0.15, 0.2) is 46.5 Å². The molecule has 0 saturated heterocycles. The van der Waals surface area contributed by atoms with Crippen molar-refractivity contribution in [3.05, 3.63) is 57.8 Å². The van der Waals surface area contributed by atoms with Gasteiger partial charge in [-0.05, 0) is 30.7 Å². The number of aromatic nitrogens is 2. The smallest absolute Gasteiger partial charge is 0.193 e. The molecule has 1 unspecified atom stereocenters. The summed E-state index contributed by atoms with van der Waals surface area (Å²) in [6, 6.07) is 8.86. The predicted molar refractivity (Wildman–Crippen MR) is 91.9 cm³/mol. The molecule has 0 aliphatic rings. The third kappa shape index (κ3) is 3.54. The van der Waals surface area contributed by atoms with Gasteiger partial charge in [0, 0.05) is 34.7 Å². The maximum atomic E-state index is 4.70. The van der Waals surface area contributed by atoms with Crippen LogP contribution in [-0.2, 0) is 6.42 Å². The summed E-state index contributed by atoms with van der Waals surface area (Å²) in [6.07, 6.45) is 6.23. The van der Waals surface area contributed by atoms with Crippen molar-refractivity contribution in [1.29, 1.82) is 0 Å². The second-order valence-electron chi connectivity index (χ2n) is 5.09. The Bertz CT molecular complexity index is 673. The standard InChI is InChI=1S/C16H18BrN3S/c1-2-7-18-15(12-3-5-13(17)6-4-12)10-14-11-20-8-9-21-16(20)19-14/h3-6,8-9,11,15,18H,2,7,10H2,1H3. The van der Waals surface area contributed by atoms with E-state index in [0.717, 1.165) is 34.5 Å². The van der Waals surface area contributed by atoms with Gasteiger partial charge in [-0.1, -0.05) is 35.0 Å². The second-order valence-corrected chi connectivity index (χ2v) is 6.88. The average Bonchev–Trinajstić information content (AvgIpc) is 3.05. The van der Waals surface area contributed by atoms with E-state index < -0.39 is 0 Å². The van der Waals surface area contributed by atoms with Crippen molar-refractivity contribution in [2.45, 2.75) is 25.8 Å². The predicted octanol–water partition coefficient (Wildman–Crippen LogP) is 4.44. The minimum Gasteiger partial charge on any atom is -0.310 e. The first kappa shape index (κ1) is 14.8. The van der Waals surface area contributed by atoms with Gasteiger partial charge < -0.3 is 5.32 Å². The highest BCUT2D eigenvalue weighted by Crippen LogP contribution is 2.22. The van der Waals surface area contributed by atoms with Gasteiger partial charge in [-0.25, -0.2) is 4.98 Å². The van der Waals surface area contributed by atoms with E-state index in [9.17, 15) is 0 Å². The highest BCUT2D eigenvalue weighted by atomic mass is 79.9. The molecule has 0 aliphatic carbocycles. The molecule has 3 rings (SSSR count). The van der Waals surface area contributed by atoms with E-state index in [-0.39, 0.29) is 0 Å². The number of halogens is 1. The summed E-state index contributed by atoms with van der Waals surface area (Å²) in [6.45, 7) is 3.21. The lowest BCUT2D eigenvalue weighted by Crippen LogP contribution is -2.24.